The number of benzene rings is 1. The number of morpholine rings is 1. The minimum atomic E-state index is -0.544. The highest BCUT2D eigenvalue weighted by Crippen LogP contribution is 2.14. The summed E-state index contributed by atoms with van der Waals surface area (Å²) in [6, 6.07) is 6.82. The van der Waals surface area contributed by atoms with Crippen molar-refractivity contribution in [1.29, 1.82) is 0 Å². The average molecular weight is 402 g/mol. The summed E-state index contributed by atoms with van der Waals surface area (Å²) in [5.41, 5.74) is 0.602. The second-order valence-electron chi connectivity index (χ2n) is 4.89. The van der Waals surface area contributed by atoms with Crippen molar-refractivity contribution < 1.29 is 14.3 Å². The summed E-state index contributed by atoms with van der Waals surface area (Å²) < 4.78 is 6.44. The Morgan fingerprint density at radius 2 is 2.10 bits per heavy atom. The monoisotopic (exact) mass is 402 g/mol. The summed E-state index contributed by atoms with van der Waals surface area (Å²) in [6.07, 6.45) is 0.865. The molecule has 0 aliphatic carbocycles. The van der Waals surface area contributed by atoms with Crippen LogP contribution >= 0.6 is 22.6 Å². The van der Waals surface area contributed by atoms with E-state index < -0.39 is 6.04 Å². The zero-order valence-corrected chi connectivity index (χ0v) is 14.1. The second-order valence-corrected chi connectivity index (χ2v) is 6.13. The Kier molecular flexibility index (Phi) is 5.98. The van der Waals surface area contributed by atoms with E-state index in [2.05, 4.69) is 27.9 Å². The smallest absolute Gasteiger partial charge is 0.254 e. The molecule has 2 rings (SSSR count). The zero-order valence-electron chi connectivity index (χ0n) is 12.0. The Labute approximate surface area is 138 Å². The van der Waals surface area contributed by atoms with E-state index >= 15 is 0 Å². The lowest BCUT2D eigenvalue weighted by Gasteiger charge is -2.34. The van der Waals surface area contributed by atoms with Gasteiger partial charge in [0.2, 0.25) is 5.91 Å². The SMILES string of the molecule is CCCNC(=O)C1COCCN1C(=O)c1ccc(I)cc1. The molecule has 0 radical (unpaired) electrons. The van der Waals surface area contributed by atoms with E-state index in [9.17, 15) is 9.59 Å². The van der Waals surface area contributed by atoms with Crippen molar-refractivity contribution in [3.8, 4) is 0 Å². The zero-order chi connectivity index (χ0) is 15.2. The Hall–Kier alpha value is -1.15. The molecule has 1 heterocycles. The summed E-state index contributed by atoms with van der Waals surface area (Å²) in [5.74, 6) is -0.262. The van der Waals surface area contributed by atoms with Gasteiger partial charge in [0.15, 0.2) is 0 Å². The third-order valence-corrected chi connectivity index (χ3v) is 4.05. The molecular formula is C15H19IN2O3. The largest absolute Gasteiger partial charge is 0.377 e. The molecule has 1 aromatic rings. The number of carbonyl (C=O) groups excluding carboxylic acids is 2. The number of rotatable bonds is 4. The first-order valence-corrected chi connectivity index (χ1v) is 8.13. The van der Waals surface area contributed by atoms with E-state index in [1.54, 1.807) is 17.0 Å². The van der Waals surface area contributed by atoms with E-state index in [1.165, 1.54) is 0 Å². The van der Waals surface area contributed by atoms with Gasteiger partial charge in [-0.1, -0.05) is 6.92 Å². The van der Waals surface area contributed by atoms with Crippen LogP contribution in [0.5, 0.6) is 0 Å². The topological polar surface area (TPSA) is 58.6 Å². The Balaban J connectivity index is 2.12. The number of amides is 2. The predicted molar refractivity (Wildman–Crippen MR) is 88.1 cm³/mol. The standard InChI is InChI=1S/C15H19IN2O3/c1-2-7-17-14(19)13-10-21-9-8-18(13)15(20)11-3-5-12(16)6-4-11/h3-6,13H,2,7-10H2,1H3,(H,17,19). The molecule has 1 unspecified atom stereocenters. The lowest BCUT2D eigenvalue weighted by Crippen LogP contribution is -2.56. The molecule has 0 spiro atoms. The third kappa shape index (κ3) is 4.16. The van der Waals surface area contributed by atoms with Crippen LogP contribution in [0.2, 0.25) is 0 Å². The molecule has 0 aromatic heterocycles. The average Bonchev–Trinajstić information content (AvgIpc) is 2.52. The van der Waals surface area contributed by atoms with Crippen molar-refractivity contribution in [2.75, 3.05) is 26.3 Å². The predicted octanol–water partition coefficient (Wildman–Crippen LogP) is 1.66. The molecule has 1 aromatic carbocycles. The molecule has 114 valence electrons. The second kappa shape index (κ2) is 7.74. The van der Waals surface area contributed by atoms with Gasteiger partial charge in [0.05, 0.1) is 13.2 Å². The number of nitrogens with zero attached hydrogens (tertiary/aromatic N) is 1. The molecule has 1 saturated heterocycles. The highest BCUT2D eigenvalue weighted by molar-refractivity contribution is 14.1. The van der Waals surface area contributed by atoms with Crippen LogP contribution in [0.15, 0.2) is 24.3 Å². The van der Waals surface area contributed by atoms with Crippen molar-refractivity contribution in [3.63, 3.8) is 0 Å². The van der Waals surface area contributed by atoms with Gasteiger partial charge >= 0.3 is 0 Å². The minimum absolute atomic E-state index is 0.119. The van der Waals surface area contributed by atoms with Crippen LogP contribution in [-0.4, -0.2) is 49.1 Å². The van der Waals surface area contributed by atoms with E-state index in [4.69, 9.17) is 4.74 Å². The van der Waals surface area contributed by atoms with Gasteiger partial charge in [0.25, 0.3) is 5.91 Å². The van der Waals surface area contributed by atoms with Crippen molar-refractivity contribution in [2.24, 2.45) is 0 Å². The van der Waals surface area contributed by atoms with Gasteiger partial charge < -0.3 is 15.0 Å². The number of hydrogen-bond donors (Lipinski definition) is 1. The van der Waals surface area contributed by atoms with Gasteiger partial charge in [0.1, 0.15) is 6.04 Å². The maximum absolute atomic E-state index is 12.6. The first kappa shape index (κ1) is 16.2. The van der Waals surface area contributed by atoms with Crippen molar-refractivity contribution in [3.05, 3.63) is 33.4 Å². The normalized spacial score (nSPS) is 18.4. The molecular weight excluding hydrogens is 383 g/mol. The molecule has 21 heavy (non-hydrogen) atoms. The van der Waals surface area contributed by atoms with Crippen molar-refractivity contribution in [2.45, 2.75) is 19.4 Å². The Bertz CT molecular complexity index is 504. The Morgan fingerprint density at radius 3 is 2.76 bits per heavy atom. The summed E-state index contributed by atoms with van der Waals surface area (Å²) in [4.78, 5) is 26.4. The molecule has 1 aliphatic heterocycles. The fourth-order valence-electron chi connectivity index (χ4n) is 2.19. The summed E-state index contributed by atoms with van der Waals surface area (Å²) in [7, 11) is 0. The van der Waals surface area contributed by atoms with Gasteiger partial charge in [-0.2, -0.15) is 0 Å². The Morgan fingerprint density at radius 1 is 1.38 bits per heavy atom. The fraction of sp³-hybridized carbons (Fsp3) is 0.467. The summed E-state index contributed by atoms with van der Waals surface area (Å²) >= 11 is 2.20. The molecule has 6 heteroatoms. The number of carbonyl (C=O) groups is 2. The van der Waals surface area contributed by atoms with Crippen molar-refractivity contribution >= 4 is 34.4 Å². The number of hydrogen-bond acceptors (Lipinski definition) is 3. The fourth-order valence-corrected chi connectivity index (χ4v) is 2.55. The number of nitrogens with one attached hydrogen (secondary N) is 1. The highest BCUT2D eigenvalue weighted by atomic mass is 127. The lowest BCUT2D eigenvalue weighted by molar-refractivity contribution is -0.130. The van der Waals surface area contributed by atoms with Crippen LogP contribution in [0.3, 0.4) is 0 Å². The molecule has 0 bridgehead atoms. The first-order valence-electron chi connectivity index (χ1n) is 7.05. The van der Waals surface area contributed by atoms with Gasteiger partial charge in [-0.25, -0.2) is 0 Å². The maximum Gasteiger partial charge on any atom is 0.254 e. The molecule has 0 saturated carbocycles. The van der Waals surface area contributed by atoms with E-state index in [-0.39, 0.29) is 18.4 Å². The van der Waals surface area contributed by atoms with E-state index in [1.807, 2.05) is 19.1 Å². The molecule has 1 atom stereocenters. The first-order chi connectivity index (χ1) is 10.1. The molecule has 1 N–H and O–H groups in total. The van der Waals surface area contributed by atoms with Crippen LogP contribution in [0.25, 0.3) is 0 Å². The minimum Gasteiger partial charge on any atom is -0.377 e. The van der Waals surface area contributed by atoms with Gasteiger partial charge in [-0.15, -0.1) is 0 Å². The third-order valence-electron chi connectivity index (χ3n) is 3.33. The van der Waals surface area contributed by atoms with Crippen LogP contribution in [0.4, 0.5) is 0 Å². The van der Waals surface area contributed by atoms with Crippen LogP contribution in [-0.2, 0) is 9.53 Å². The maximum atomic E-state index is 12.6. The van der Waals surface area contributed by atoms with Crippen LogP contribution in [0, 0.1) is 3.57 Å². The van der Waals surface area contributed by atoms with E-state index in [0.717, 1.165) is 9.99 Å². The molecule has 5 nitrogen and oxygen atoms in total. The lowest BCUT2D eigenvalue weighted by atomic mass is 10.1. The summed E-state index contributed by atoms with van der Waals surface area (Å²) in [5, 5.41) is 2.83. The van der Waals surface area contributed by atoms with Crippen LogP contribution < -0.4 is 5.32 Å². The summed E-state index contributed by atoms with van der Waals surface area (Å²) in [6.45, 7) is 3.77. The van der Waals surface area contributed by atoms with Gasteiger partial charge in [-0.3, -0.25) is 9.59 Å². The molecule has 2 amide bonds. The van der Waals surface area contributed by atoms with Crippen LogP contribution in [0.1, 0.15) is 23.7 Å². The quantitative estimate of drug-likeness (QED) is 0.780. The number of halogens is 1. The van der Waals surface area contributed by atoms with Crippen molar-refractivity contribution in [1.82, 2.24) is 10.2 Å². The highest BCUT2D eigenvalue weighted by Gasteiger charge is 2.33. The molecule has 1 fully saturated rings. The van der Waals surface area contributed by atoms with Gasteiger partial charge in [-0.05, 0) is 53.3 Å². The van der Waals surface area contributed by atoms with Gasteiger partial charge in [0, 0.05) is 22.2 Å². The number of ether oxygens (including phenoxy) is 1. The van der Waals surface area contributed by atoms with E-state index in [0.29, 0.717) is 25.3 Å². The molecule has 1 aliphatic rings.